The second kappa shape index (κ2) is 3.42. The van der Waals surface area contributed by atoms with Gasteiger partial charge in [0.2, 0.25) is 0 Å². The van der Waals surface area contributed by atoms with Crippen LogP contribution in [0.1, 0.15) is 27.2 Å². The van der Waals surface area contributed by atoms with Crippen molar-refractivity contribution < 1.29 is 9.47 Å². The molecule has 2 unspecified atom stereocenters. The maximum absolute atomic E-state index is 8.45. The van der Waals surface area contributed by atoms with Gasteiger partial charge in [0.15, 0.2) is 5.79 Å². The van der Waals surface area contributed by atoms with E-state index in [4.69, 9.17) is 14.7 Å². The molecule has 1 fully saturated rings. The molecule has 1 aliphatic rings. The summed E-state index contributed by atoms with van der Waals surface area (Å²) in [5.74, 6) is -0.164. The summed E-state index contributed by atoms with van der Waals surface area (Å²) in [4.78, 5) is 0. The van der Waals surface area contributed by atoms with Crippen molar-refractivity contribution in [2.24, 2.45) is 5.92 Å². The van der Waals surface area contributed by atoms with Gasteiger partial charge in [0.1, 0.15) is 0 Å². The molecule has 0 spiro atoms. The van der Waals surface area contributed by atoms with Crippen molar-refractivity contribution >= 4 is 0 Å². The van der Waals surface area contributed by atoms with E-state index in [-0.39, 0.29) is 6.10 Å². The second-order valence-corrected chi connectivity index (χ2v) is 3.58. The fourth-order valence-corrected chi connectivity index (χ4v) is 1.16. The summed E-state index contributed by atoms with van der Waals surface area (Å²) in [6.45, 7) is 6.57. The first kappa shape index (κ1) is 9.50. The van der Waals surface area contributed by atoms with E-state index in [0.29, 0.717) is 18.9 Å². The number of nitriles is 1. The summed E-state index contributed by atoms with van der Waals surface area (Å²) in [7, 11) is 0. The highest BCUT2D eigenvalue weighted by Crippen LogP contribution is 2.31. The summed E-state index contributed by atoms with van der Waals surface area (Å²) in [6.07, 6.45) is 0.380. The summed E-state index contributed by atoms with van der Waals surface area (Å²) in [5, 5.41) is 8.45. The van der Waals surface area contributed by atoms with Gasteiger partial charge in [-0.15, -0.1) is 0 Å². The Bertz CT molecular complexity index is 197. The Morgan fingerprint density at radius 2 is 2.33 bits per heavy atom. The third kappa shape index (κ3) is 1.77. The zero-order valence-corrected chi connectivity index (χ0v) is 7.83. The van der Waals surface area contributed by atoms with E-state index < -0.39 is 5.79 Å². The van der Waals surface area contributed by atoms with Gasteiger partial charge in [-0.1, -0.05) is 13.8 Å². The average Bonchev–Trinajstić information content (AvgIpc) is 2.34. The molecule has 0 amide bonds. The smallest absolute Gasteiger partial charge is 0.168 e. The first-order chi connectivity index (χ1) is 5.58. The lowest BCUT2D eigenvalue weighted by molar-refractivity contribution is -0.182. The molecule has 1 saturated heterocycles. The molecule has 2 atom stereocenters. The SMILES string of the molecule is CC(C)C1(C)OCC(CC#N)O1. The maximum Gasteiger partial charge on any atom is 0.168 e. The molecule has 0 radical (unpaired) electrons. The topological polar surface area (TPSA) is 42.2 Å². The third-order valence-corrected chi connectivity index (χ3v) is 2.32. The molecule has 0 saturated carbocycles. The van der Waals surface area contributed by atoms with Gasteiger partial charge in [-0.3, -0.25) is 0 Å². The van der Waals surface area contributed by atoms with E-state index in [0.717, 1.165) is 0 Å². The standard InChI is InChI=1S/C9H15NO2/c1-7(2)9(3)11-6-8(12-9)4-5-10/h7-8H,4,6H2,1-3H3. The molecule has 1 rings (SSSR count). The Hall–Kier alpha value is -0.590. The fraction of sp³-hybridized carbons (Fsp3) is 0.889. The zero-order chi connectivity index (χ0) is 9.19. The van der Waals surface area contributed by atoms with Crippen molar-refractivity contribution in [2.75, 3.05) is 6.61 Å². The van der Waals surface area contributed by atoms with E-state index in [1.54, 1.807) is 0 Å². The van der Waals surface area contributed by atoms with Crippen LogP contribution in [0.3, 0.4) is 0 Å². The van der Waals surface area contributed by atoms with Gasteiger partial charge >= 0.3 is 0 Å². The van der Waals surface area contributed by atoms with Gasteiger partial charge in [-0.25, -0.2) is 0 Å². The Morgan fingerprint density at radius 3 is 2.75 bits per heavy atom. The quantitative estimate of drug-likeness (QED) is 0.631. The third-order valence-electron chi connectivity index (χ3n) is 2.32. The van der Waals surface area contributed by atoms with Crippen LogP contribution in [0.15, 0.2) is 0 Å². The molecular formula is C9H15NO2. The second-order valence-electron chi connectivity index (χ2n) is 3.58. The predicted octanol–water partition coefficient (Wildman–Crippen LogP) is 1.69. The number of nitrogens with zero attached hydrogens (tertiary/aromatic N) is 1. The minimum Gasteiger partial charge on any atom is -0.347 e. The summed E-state index contributed by atoms with van der Waals surface area (Å²) in [6, 6.07) is 2.08. The lowest BCUT2D eigenvalue weighted by Crippen LogP contribution is -2.33. The van der Waals surface area contributed by atoms with Crippen molar-refractivity contribution in [1.82, 2.24) is 0 Å². The first-order valence-corrected chi connectivity index (χ1v) is 4.27. The Balaban J connectivity index is 2.50. The van der Waals surface area contributed by atoms with Gasteiger partial charge in [0, 0.05) is 5.92 Å². The van der Waals surface area contributed by atoms with Crippen LogP contribution in [0.5, 0.6) is 0 Å². The summed E-state index contributed by atoms with van der Waals surface area (Å²) in [5.41, 5.74) is 0. The van der Waals surface area contributed by atoms with Crippen LogP contribution in [0, 0.1) is 17.2 Å². The van der Waals surface area contributed by atoms with Gasteiger partial charge < -0.3 is 9.47 Å². The van der Waals surface area contributed by atoms with Crippen LogP contribution in [-0.4, -0.2) is 18.5 Å². The maximum atomic E-state index is 8.45. The molecule has 0 aromatic heterocycles. The highest BCUT2D eigenvalue weighted by molar-refractivity contribution is 4.84. The van der Waals surface area contributed by atoms with Crippen LogP contribution in [-0.2, 0) is 9.47 Å². The lowest BCUT2D eigenvalue weighted by atomic mass is 10.1. The minimum absolute atomic E-state index is 0.0394. The van der Waals surface area contributed by atoms with Crippen LogP contribution < -0.4 is 0 Å². The van der Waals surface area contributed by atoms with E-state index >= 15 is 0 Å². The normalized spacial score (nSPS) is 35.4. The minimum atomic E-state index is -0.485. The molecule has 0 aromatic rings. The van der Waals surface area contributed by atoms with Gasteiger partial charge in [0.25, 0.3) is 0 Å². The highest BCUT2D eigenvalue weighted by atomic mass is 16.7. The highest BCUT2D eigenvalue weighted by Gasteiger charge is 2.39. The van der Waals surface area contributed by atoms with Crippen molar-refractivity contribution in [3.63, 3.8) is 0 Å². The van der Waals surface area contributed by atoms with Crippen LogP contribution in [0.2, 0.25) is 0 Å². The number of ether oxygens (including phenoxy) is 2. The van der Waals surface area contributed by atoms with Crippen molar-refractivity contribution in [2.45, 2.75) is 39.1 Å². The van der Waals surface area contributed by atoms with Gasteiger partial charge in [-0.2, -0.15) is 5.26 Å². The molecule has 0 aromatic carbocycles. The van der Waals surface area contributed by atoms with Crippen LogP contribution in [0.25, 0.3) is 0 Å². The van der Waals surface area contributed by atoms with Gasteiger partial charge in [0.05, 0.1) is 25.2 Å². The fourth-order valence-electron chi connectivity index (χ4n) is 1.16. The van der Waals surface area contributed by atoms with E-state index in [9.17, 15) is 0 Å². The molecular weight excluding hydrogens is 154 g/mol. The van der Waals surface area contributed by atoms with E-state index in [1.807, 2.05) is 6.92 Å². The van der Waals surface area contributed by atoms with E-state index in [1.165, 1.54) is 0 Å². The van der Waals surface area contributed by atoms with Crippen LogP contribution in [0.4, 0.5) is 0 Å². The lowest BCUT2D eigenvalue weighted by Gasteiger charge is -2.27. The monoisotopic (exact) mass is 169 g/mol. The summed E-state index contributed by atoms with van der Waals surface area (Å²) < 4.78 is 11.1. The Morgan fingerprint density at radius 1 is 1.67 bits per heavy atom. The first-order valence-electron chi connectivity index (χ1n) is 4.27. The summed E-state index contributed by atoms with van der Waals surface area (Å²) >= 11 is 0. The average molecular weight is 169 g/mol. The van der Waals surface area contributed by atoms with Crippen molar-refractivity contribution in [3.8, 4) is 6.07 Å². The molecule has 3 heteroatoms. The van der Waals surface area contributed by atoms with E-state index in [2.05, 4.69) is 19.9 Å². The van der Waals surface area contributed by atoms with Crippen LogP contribution >= 0.6 is 0 Å². The Kier molecular flexibility index (Phi) is 2.71. The largest absolute Gasteiger partial charge is 0.347 e. The van der Waals surface area contributed by atoms with Gasteiger partial charge in [-0.05, 0) is 6.92 Å². The molecule has 12 heavy (non-hydrogen) atoms. The number of hydrogen-bond acceptors (Lipinski definition) is 3. The molecule has 1 heterocycles. The predicted molar refractivity (Wildman–Crippen MR) is 44.3 cm³/mol. The molecule has 3 nitrogen and oxygen atoms in total. The Labute approximate surface area is 73.3 Å². The molecule has 0 N–H and O–H groups in total. The van der Waals surface area contributed by atoms with Crippen molar-refractivity contribution in [1.29, 1.82) is 5.26 Å². The van der Waals surface area contributed by atoms with Crippen molar-refractivity contribution in [3.05, 3.63) is 0 Å². The number of rotatable bonds is 2. The molecule has 0 aliphatic carbocycles. The molecule has 1 aliphatic heterocycles. The molecule has 68 valence electrons. The molecule has 0 bridgehead atoms. The number of hydrogen-bond donors (Lipinski definition) is 0. The zero-order valence-electron chi connectivity index (χ0n) is 7.83.